The molecule has 0 saturated carbocycles. The van der Waals surface area contributed by atoms with Gasteiger partial charge in [-0.1, -0.05) is 6.07 Å². The number of hydrogen-bond acceptors (Lipinski definition) is 9. The van der Waals surface area contributed by atoms with Gasteiger partial charge >= 0.3 is 0 Å². The molecule has 1 fully saturated rings. The summed E-state index contributed by atoms with van der Waals surface area (Å²) in [6, 6.07) is 7.87. The summed E-state index contributed by atoms with van der Waals surface area (Å²) in [7, 11) is 0. The summed E-state index contributed by atoms with van der Waals surface area (Å²) in [5.74, 6) is 2.20. The molecule has 5 heterocycles. The van der Waals surface area contributed by atoms with Gasteiger partial charge in [0.15, 0.2) is 0 Å². The molecule has 152 valence electrons. The van der Waals surface area contributed by atoms with Gasteiger partial charge in [0, 0.05) is 56.4 Å². The second kappa shape index (κ2) is 7.92. The molecule has 0 amide bonds. The minimum absolute atomic E-state index is 0.710. The molecule has 1 aliphatic heterocycles. The Morgan fingerprint density at radius 1 is 1.03 bits per heavy atom. The molecule has 2 N–H and O–H groups in total. The Bertz CT molecular complexity index is 1200. The maximum absolute atomic E-state index is 4.78. The number of rotatable bonds is 4. The van der Waals surface area contributed by atoms with Crippen LogP contribution in [0.25, 0.3) is 20.9 Å². The summed E-state index contributed by atoms with van der Waals surface area (Å²) in [4.78, 5) is 25.3. The average Bonchev–Trinajstić information content (AvgIpc) is 3.17. The number of fused-ring (bicyclic) bond motifs is 1. The van der Waals surface area contributed by atoms with E-state index in [0.717, 1.165) is 70.1 Å². The highest BCUT2D eigenvalue weighted by Crippen LogP contribution is 2.31. The van der Waals surface area contributed by atoms with Crippen LogP contribution in [0.15, 0.2) is 36.7 Å². The molecule has 0 aliphatic carbocycles. The van der Waals surface area contributed by atoms with E-state index >= 15 is 0 Å². The zero-order valence-electron chi connectivity index (χ0n) is 16.9. The third-order valence-electron chi connectivity index (χ3n) is 4.99. The first-order valence-corrected chi connectivity index (χ1v) is 10.7. The zero-order valence-corrected chi connectivity index (χ0v) is 17.7. The molecule has 0 bridgehead atoms. The number of aromatic nitrogens is 5. The van der Waals surface area contributed by atoms with Crippen molar-refractivity contribution in [1.29, 1.82) is 0 Å². The molecule has 4 aromatic heterocycles. The quantitative estimate of drug-likeness (QED) is 0.522. The van der Waals surface area contributed by atoms with E-state index in [1.807, 2.05) is 44.3 Å². The normalized spacial score (nSPS) is 14.3. The number of thiazole rings is 1. The van der Waals surface area contributed by atoms with Crippen molar-refractivity contribution in [1.82, 2.24) is 30.2 Å². The summed E-state index contributed by atoms with van der Waals surface area (Å²) in [6.07, 6.45) is 3.65. The summed E-state index contributed by atoms with van der Waals surface area (Å²) in [6.45, 7) is 7.73. The molecule has 0 spiro atoms. The van der Waals surface area contributed by atoms with Gasteiger partial charge in [-0.25, -0.2) is 15.0 Å². The van der Waals surface area contributed by atoms with E-state index in [1.165, 1.54) is 0 Å². The van der Waals surface area contributed by atoms with Gasteiger partial charge in [-0.3, -0.25) is 4.98 Å². The number of nitrogens with zero attached hydrogens (tertiary/aromatic N) is 6. The zero-order chi connectivity index (χ0) is 20.5. The Kier molecular flexibility index (Phi) is 4.97. The minimum atomic E-state index is 0.710. The number of hydrogen-bond donors (Lipinski definition) is 2. The van der Waals surface area contributed by atoms with Crippen LogP contribution in [0.1, 0.15) is 11.3 Å². The van der Waals surface area contributed by atoms with Gasteiger partial charge < -0.3 is 15.5 Å². The van der Waals surface area contributed by atoms with Crippen LogP contribution in [0, 0.1) is 13.8 Å². The standard InChI is InChI=1S/C21H22N8S/c1-13-4-3-5-23-19(13)20-26-15-11-17(24-12-16(15)30-20)27-18-10-14(2)25-21(28-18)29-8-6-22-7-9-29/h3-5,10-12,22H,6-9H2,1-2H3,(H,24,25,27,28). The second-order valence-electron chi connectivity index (χ2n) is 7.28. The Balaban J connectivity index is 1.43. The van der Waals surface area contributed by atoms with E-state index in [1.54, 1.807) is 17.5 Å². The molecule has 1 aliphatic rings. The molecule has 4 aromatic rings. The first-order chi connectivity index (χ1) is 14.7. The van der Waals surface area contributed by atoms with Crippen LogP contribution in [0.5, 0.6) is 0 Å². The van der Waals surface area contributed by atoms with Crippen LogP contribution >= 0.6 is 11.3 Å². The summed E-state index contributed by atoms with van der Waals surface area (Å²) in [5.41, 5.74) is 3.84. The van der Waals surface area contributed by atoms with Crippen LogP contribution < -0.4 is 15.5 Å². The molecule has 30 heavy (non-hydrogen) atoms. The van der Waals surface area contributed by atoms with Gasteiger partial charge in [-0.05, 0) is 25.5 Å². The van der Waals surface area contributed by atoms with Crippen LogP contribution in [0.3, 0.4) is 0 Å². The Hall–Kier alpha value is -3.17. The number of piperazine rings is 1. The van der Waals surface area contributed by atoms with Crippen LogP contribution in [0.4, 0.5) is 17.6 Å². The van der Waals surface area contributed by atoms with Crippen molar-refractivity contribution in [2.45, 2.75) is 13.8 Å². The SMILES string of the molecule is Cc1cc(Nc2cc3nc(-c4ncccc4C)sc3cn2)nc(N2CCNCC2)n1. The van der Waals surface area contributed by atoms with Crippen LogP contribution in [-0.4, -0.2) is 51.1 Å². The summed E-state index contributed by atoms with van der Waals surface area (Å²) in [5, 5.41) is 7.58. The monoisotopic (exact) mass is 418 g/mol. The first kappa shape index (κ1) is 18.8. The van der Waals surface area contributed by atoms with Crippen molar-refractivity contribution in [3.8, 4) is 10.7 Å². The van der Waals surface area contributed by atoms with Crippen LogP contribution in [0.2, 0.25) is 0 Å². The highest BCUT2D eigenvalue weighted by molar-refractivity contribution is 7.21. The molecule has 9 heteroatoms. The van der Waals surface area contributed by atoms with Crippen molar-refractivity contribution >= 4 is 39.1 Å². The van der Waals surface area contributed by atoms with Crippen molar-refractivity contribution < 1.29 is 0 Å². The van der Waals surface area contributed by atoms with Gasteiger partial charge in [0.25, 0.3) is 0 Å². The average molecular weight is 419 g/mol. The van der Waals surface area contributed by atoms with E-state index in [-0.39, 0.29) is 0 Å². The van der Waals surface area contributed by atoms with Gasteiger partial charge in [-0.15, -0.1) is 11.3 Å². The second-order valence-corrected chi connectivity index (χ2v) is 8.31. The van der Waals surface area contributed by atoms with E-state index < -0.39 is 0 Å². The fourth-order valence-electron chi connectivity index (χ4n) is 3.47. The Morgan fingerprint density at radius 3 is 2.73 bits per heavy atom. The first-order valence-electron chi connectivity index (χ1n) is 9.93. The Morgan fingerprint density at radius 2 is 1.90 bits per heavy atom. The predicted octanol–water partition coefficient (Wildman–Crippen LogP) is 3.31. The van der Waals surface area contributed by atoms with E-state index in [0.29, 0.717) is 5.82 Å². The van der Waals surface area contributed by atoms with E-state index in [2.05, 4.69) is 30.5 Å². The third kappa shape index (κ3) is 3.81. The van der Waals surface area contributed by atoms with Crippen molar-refractivity contribution in [3.05, 3.63) is 47.9 Å². The fourth-order valence-corrected chi connectivity index (χ4v) is 4.45. The smallest absolute Gasteiger partial charge is 0.227 e. The summed E-state index contributed by atoms with van der Waals surface area (Å²) >= 11 is 1.60. The highest BCUT2D eigenvalue weighted by Gasteiger charge is 2.15. The van der Waals surface area contributed by atoms with E-state index in [4.69, 9.17) is 9.97 Å². The maximum Gasteiger partial charge on any atom is 0.227 e. The van der Waals surface area contributed by atoms with Gasteiger partial charge in [0.05, 0.1) is 10.2 Å². The van der Waals surface area contributed by atoms with Gasteiger partial charge in [-0.2, -0.15) is 4.98 Å². The highest BCUT2D eigenvalue weighted by atomic mass is 32.1. The van der Waals surface area contributed by atoms with Crippen LogP contribution in [-0.2, 0) is 0 Å². The molecular weight excluding hydrogens is 396 g/mol. The Labute approximate surface area is 178 Å². The maximum atomic E-state index is 4.78. The molecule has 0 unspecified atom stereocenters. The topological polar surface area (TPSA) is 91.8 Å². The molecule has 0 radical (unpaired) electrons. The third-order valence-corrected chi connectivity index (χ3v) is 6.00. The number of aryl methyl sites for hydroxylation is 2. The minimum Gasteiger partial charge on any atom is -0.338 e. The van der Waals surface area contributed by atoms with Crippen molar-refractivity contribution in [2.24, 2.45) is 0 Å². The molecule has 8 nitrogen and oxygen atoms in total. The molecule has 1 saturated heterocycles. The lowest BCUT2D eigenvalue weighted by molar-refractivity contribution is 0.579. The largest absolute Gasteiger partial charge is 0.338 e. The molecule has 0 atom stereocenters. The fraction of sp³-hybridized carbons (Fsp3) is 0.286. The van der Waals surface area contributed by atoms with Gasteiger partial charge in [0.2, 0.25) is 5.95 Å². The molecular formula is C21H22N8S. The number of anilines is 3. The van der Waals surface area contributed by atoms with E-state index in [9.17, 15) is 0 Å². The molecule has 0 aromatic carbocycles. The lowest BCUT2D eigenvalue weighted by Crippen LogP contribution is -2.44. The van der Waals surface area contributed by atoms with Crippen molar-refractivity contribution in [2.75, 3.05) is 36.4 Å². The molecule has 5 rings (SSSR count). The predicted molar refractivity (Wildman–Crippen MR) is 121 cm³/mol. The number of pyridine rings is 2. The lowest BCUT2D eigenvalue weighted by atomic mass is 10.2. The van der Waals surface area contributed by atoms with Gasteiger partial charge in [0.1, 0.15) is 22.3 Å². The number of nitrogens with one attached hydrogen (secondary N) is 2. The lowest BCUT2D eigenvalue weighted by Gasteiger charge is -2.27. The van der Waals surface area contributed by atoms with Crippen molar-refractivity contribution in [3.63, 3.8) is 0 Å². The summed E-state index contributed by atoms with van der Waals surface area (Å²) < 4.78 is 1.03.